The topological polar surface area (TPSA) is 134 Å². The lowest BCUT2D eigenvalue weighted by Gasteiger charge is -2.19. The smallest absolute Gasteiger partial charge is 0.462 e. The molecular formula is C49H92NO8P. The number of hydrogen-bond acceptors (Lipinski definition) is 8. The number of rotatable bonds is 46. The molecule has 1 unspecified atom stereocenters. The molecule has 0 saturated carbocycles. The minimum absolute atomic E-state index is 0.0455. The van der Waals surface area contributed by atoms with Crippen molar-refractivity contribution in [1.82, 2.24) is 0 Å². The van der Waals surface area contributed by atoms with E-state index in [1.807, 2.05) is 0 Å². The Hall–Kier alpha value is -1.77. The second-order valence-electron chi connectivity index (χ2n) is 16.3. The van der Waals surface area contributed by atoms with E-state index >= 15 is 0 Å². The number of allylic oxidation sites excluding steroid dienone is 6. The number of carbonyl (C=O) groups is 2. The molecule has 0 aromatic rings. The lowest BCUT2D eigenvalue weighted by Crippen LogP contribution is -2.29. The SMILES string of the molecule is CCCCCCCC/C=C/C/C=C/CCCCC(=O)O[C@@H](COC(=O)CCC/C=C/CCCCCCCCCCCCCCCCCCCC)COP(=O)(O)OCCN. The molecule has 0 amide bonds. The summed E-state index contributed by atoms with van der Waals surface area (Å²) in [5, 5.41) is 0. The highest BCUT2D eigenvalue weighted by Crippen LogP contribution is 2.43. The summed E-state index contributed by atoms with van der Waals surface area (Å²) in [6, 6.07) is 0. The van der Waals surface area contributed by atoms with E-state index in [9.17, 15) is 19.0 Å². The first-order valence-corrected chi connectivity index (χ1v) is 26.0. The lowest BCUT2D eigenvalue weighted by atomic mass is 10.0. The fourth-order valence-corrected chi connectivity index (χ4v) is 7.61. The van der Waals surface area contributed by atoms with Crippen LogP contribution in [-0.4, -0.2) is 49.3 Å². The normalized spacial score (nSPS) is 13.5. The first-order chi connectivity index (χ1) is 28.8. The average molecular weight is 854 g/mol. The summed E-state index contributed by atoms with van der Waals surface area (Å²) >= 11 is 0. The predicted octanol–water partition coefficient (Wildman–Crippen LogP) is 14.5. The third kappa shape index (κ3) is 45.6. The van der Waals surface area contributed by atoms with E-state index in [0.717, 1.165) is 38.5 Å². The highest BCUT2D eigenvalue weighted by atomic mass is 31.2. The van der Waals surface area contributed by atoms with E-state index in [1.54, 1.807) is 0 Å². The van der Waals surface area contributed by atoms with Gasteiger partial charge in [0.25, 0.3) is 0 Å². The van der Waals surface area contributed by atoms with Gasteiger partial charge in [-0.2, -0.15) is 0 Å². The third-order valence-electron chi connectivity index (χ3n) is 10.5. The van der Waals surface area contributed by atoms with Crippen LogP contribution in [0.15, 0.2) is 36.5 Å². The molecule has 0 spiro atoms. The van der Waals surface area contributed by atoms with Gasteiger partial charge in [-0.3, -0.25) is 18.6 Å². The molecule has 9 nitrogen and oxygen atoms in total. The van der Waals surface area contributed by atoms with Crippen molar-refractivity contribution in [1.29, 1.82) is 0 Å². The fraction of sp³-hybridized carbons (Fsp3) is 0.837. The number of esters is 2. The second-order valence-corrected chi connectivity index (χ2v) is 17.8. The molecule has 0 bridgehead atoms. The van der Waals surface area contributed by atoms with Crippen molar-refractivity contribution < 1.29 is 37.6 Å². The van der Waals surface area contributed by atoms with Crippen molar-refractivity contribution in [2.75, 3.05) is 26.4 Å². The number of unbranched alkanes of at least 4 members (excludes halogenated alkanes) is 27. The molecule has 0 radical (unpaired) electrons. The van der Waals surface area contributed by atoms with Gasteiger partial charge in [-0.05, 0) is 64.2 Å². The van der Waals surface area contributed by atoms with E-state index in [2.05, 4.69) is 50.3 Å². The molecule has 59 heavy (non-hydrogen) atoms. The molecule has 0 fully saturated rings. The van der Waals surface area contributed by atoms with E-state index in [4.69, 9.17) is 24.3 Å². The largest absolute Gasteiger partial charge is 0.472 e. The molecule has 346 valence electrons. The first kappa shape index (κ1) is 57.2. The maximum Gasteiger partial charge on any atom is 0.472 e. The number of carbonyl (C=O) groups excluding carboxylic acids is 2. The summed E-state index contributed by atoms with van der Waals surface area (Å²) in [5.74, 6) is -0.898. The first-order valence-electron chi connectivity index (χ1n) is 24.5. The van der Waals surface area contributed by atoms with Crippen LogP contribution in [0.5, 0.6) is 0 Å². The molecule has 3 N–H and O–H groups in total. The van der Waals surface area contributed by atoms with E-state index < -0.39 is 32.5 Å². The zero-order chi connectivity index (χ0) is 43.2. The minimum Gasteiger partial charge on any atom is -0.462 e. The van der Waals surface area contributed by atoms with Crippen LogP contribution in [0.25, 0.3) is 0 Å². The molecule has 0 aromatic heterocycles. The van der Waals surface area contributed by atoms with Crippen molar-refractivity contribution in [3.63, 3.8) is 0 Å². The van der Waals surface area contributed by atoms with Gasteiger partial charge in [0, 0.05) is 19.4 Å². The summed E-state index contributed by atoms with van der Waals surface area (Å²) < 4.78 is 32.8. The second kappa shape index (κ2) is 45.7. The van der Waals surface area contributed by atoms with Gasteiger partial charge in [0.15, 0.2) is 6.10 Å². The summed E-state index contributed by atoms with van der Waals surface area (Å²) in [6.07, 6.45) is 52.0. The van der Waals surface area contributed by atoms with Crippen LogP contribution in [0.1, 0.15) is 232 Å². The molecule has 0 aromatic carbocycles. The van der Waals surface area contributed by atoms with Gasteiger partial charge in [-0.1, -0.05) is 192 Å². The zero-order valence-corrected chi connectivity index (χ0v) is 39.1. The summed E-state index contributed by atoms with van der Waals surface area (Å²) in [5.41, 5.74) is 5.35. The Kier molecular flexibility index (Phi) is 44.4. The predicted molar refractivity (Wildman–Crippen MR) is 247 cm³/mol. The number of hydrogen-bond donors (Lipinski definition) is 2. The number of phosphoric ester groups is 1. The van der Waals surface area contributed by atoms with Crippen LogP contribution >= 0.6 is 7.82 Å². The van der Waals surface area contributed by atoms with Gasteiger partial charge in [0.1, 0.15) is 6.61 Å². The maximum absolute atomic E-state index is 12.6. The molecular weight excluding hydrogens is 762 g/mol. The molecule has 0 aliphatic heterocycles. The van der Waals surface area contributed by atoms with Gasteiger partial charge in [0.2, 0.25) is 0 Å². The lowest BCUT2D eigenvalue weighted by molar-refractivity contribution is -0.161. The number of phosphoric acid groups is 1. The van der Waals surface area contributed by atoms with Crippen LogP contribution in [0, 0.1) is 0 Å². The highest BCUT2D eigenvalue weighted by Gasteiger charge is 2.26. The van der Waals surface area contributed by atoms with Crippen LogP contribution in [0.4, 0.5) is 0 Å². The van der Waals surface area contributed by atoms with Crippen molar-refractivity contribution in [2.24, 2.45) is 5.73 Å². The van der Waals surface area contributed by atoms with Crippen LogP contribution in [0.2, 0.25) is 0 Å². The average Bonchev–Trinajstić information content (AvgIpc) is 3.22. The number of ether oxygens (including phenoxy) is 2. The highest BCUT2D eigenvalue weighted by molar-refractivity contribution is 7.47. The Morgan fingerprint density at radius 1 is 0.508 bits per heavy atom. The van der Waals surface area contributed by atoms with Crippen molar-refractivity contribution in [3.8, 4) is 0 Å². The maximum atomic E-state index is 12.6. The van der Waals surface area contributed by atoms with Crippen molar-refractivity contribution in [2.45, 2.75) is 238 Å². The van der Waals surface area contributed by atoms with Gasteiger partial charge < -0.3 is 20.1 Å². The minimum atomic E-state index is -4.39. The molecule has 0 rings (SSSR count). The Morgan fingerprint density at radius 3 is 1.36 bits per heavy atom. The zero-order valence-electron chi connectivity index (χ0n) is 38.2. The van der Waals surface area contributed by atoms with E-state index in [1.165, 1.54) is 154 Å². The quantitative estimate of drug-likeness (QED) is 0.0265. The summed E-state index contributed by atoms with van der Waals surface area (Å²) in [6.45, 7) is 3.68. The standard InChI is InChI=1S/C49H92NO8P/c1-3-5-7-9-11-13-15-17-19-20-21-22-23-24-25-26-28-29-31-33-35-37-39-41-48(51)55-45-47(46-57-59(53,54)56-44-43-50)58-49(52)42-40-38-36-34-32-30-27-18-16-14-12-10-8-6-4-2/h18,27,32-35,47H,3-17,19-26,28-31,36-46,50H2,1-2H3,(H,53,54)/b27-18+,34-32+,35-33+/t47-/m0/s1. The summed E-state index contributed by atoms with van der Waals surface area (Å²) in [4.78, 5) is 34.9. The molecule has 0 heterocycles. The monoisotopic (exact) mass is 854 g/mol. The molecule has 0 aliphatic carbocycles. The van der Waals surface area contributed by atoms with Gasteiger partial charge in [0.05, 0.1) is 13.2 Å². The van der Waals surface area contributed by atoms with E-state index in [0.29, 0.717) is 12.8 Å². The molecule has 10 heteroatoms. The van der Waals surface area contributed by atoms with Crippen LogP contribution < -0.4 is 5.73 Å². The van der Waals surface area contributed by atoms with Crippen LogP contribution in [-0.2, 0) is 32.7 Å². The van der Waals surface area contributed by atoms with Crippen molar-refractivity contribution in [3.05, 3.63) is 36.5 Å². The Bertz CT molecular complexity index is 1060. The van der Waals surface area contributed by atoms with Gasteiger partial charge in [-0.15, -0.1) is 0 Å². The van der Waals surface area contributed by atoms with Crippen molar-refractivity contribution >= 4 is 19.8 Å². The number of nitrogens with two attached hydrogens (primary N) is 1. The summed E-state index contributed by atoms with van der Waals surface area (Å²) in [7, 11) is -4.39. The van der Waals surface area contributed by atoms with Gasteiger partial charge >= 0.3 is 19.8 Å². The third-order valence-corrected chi connectivity index (χ3v) is 11.5. The fourth-order valence-electron chi connectivity index (χ4n) is 6.85. The Balaban J connectivity index is 4.09. The van der Waals surface area contributed by atoms with Gasteiger partial charge in [-0.25, -0.2) is 4.57 Å². The molecule has 0 saturated heterocycles. The van der Waals surface area contributed by atoms with Crippen LogP contribution in [0.3, 0.4) is 0 Å². The Morgan fingerprint density at radius 2 is 0.898 bits per heavy atom. The molecule has 0 aliphatic rings. The molecule has 2 atom stereocenters. The Labute approximate surface area is 363 Å². The van der Waals surface area contributed by atoms with E-state index in [-0.39, 0.29) is 32.6 Å².